The lowest BCUT2D eigenvalue weighted by molar-refractivity contribution is 0.416. The van der Waals surface area contributed by atoms with Crippen molar-refractivity contribution in [2.75, 3.05) is 7.11 Å². The van der Waals surface area contributed by atoms with Gasteiger partial charge in [-0.05, 0) is 48.4 Å². The summed E-state index contributed by atoms with van der Waals surface area (Å²) in [4.78, 5) is 0. The molecule has 0 fully saturated rings. The number of halogens is 2. The highest BCUT2D eigenvalue weighted by Gasteiger charge is 2.10. The van der Waals surface area contributed by atoms with Crippen molar-refractivity contribution >= 4 is 23.2 Å². The van der Waals surface area contributed by atoms with Gasteiger partial charge >= 0.3 is 0 Å². The molecule has 0 saturated carbocycles. The van der Waals surface area contributed by atoms with E-state index in [2.05, 4.69) is 0 Å². The average molecular weight is 296 g/mol. The second-order valence-electron chi connectivity index (χ2n) is 4.41. The van der Waals surface area contributed by atoms with Crippen LogP contribution in [-0.2, 0) is 0 Å². The summed E-state index contributed by atoms with van der Waals surface area (Å²) in [5.41, 5.74) is 8.80. The van der Waals surface area contributed by atoms with Crippen molar-refractivity contribution in [1.29, 1.82) is 0 Å². The molecule has 1 atom stereocenters. The van der Waals surface area contributed by atoms with Gasteiger partial charge in [0.25, 0.3) is 0 Å². The lowest BCUT2D eigenvalue weighted by Gasteiger charge is -2.13. The fraction of sp³-hybridized carbons (Fsp3) is 0.200. The van der Waals surface area contributed by atoms with Crippen LogP contribution in [0.5, 0.6) is 5.75 Å². The first kappa shape index (κ1) is 14.2. The summed E-state index contributed by atoms with van der Waals surface area (Å²) >= 11 is 12.1. The first-order valence-corrected chi connectivity index (χ1v) is 6.67. The average Bonchev–Trinajstić information content (AvgIpc) is 2.36. The smallest absolute Gasteiger partial charge is 0.126 e. The number of hydrogen-bond donors (Lipinski definition) is 1. The normalized spacial score (nSPS) is 12.3. The molecule has 0 aromatic heterocycles. The second kappa shape index (κ2) is 5.83. The minimum absolute atomic E-state index is 0.0423. The number of rotatable bonds is 3. The lowest BCUT2D eigenvalue weighted by Crippen LogP contribution is -2.05. The predicted molar refractivity (Wildman–Crippen MR) is 81.1 cm³/mol. The highest BCUT2D eigenvalue weighted by Crippen LogP contribution is 2.35. The Hall–Kier alpha value is -1.22. The zero-order valence-electron chi connectivity index (χ0n) is 10.8. The Labute approximate surface area is 123 Å². The van der Waals surface area contributed by atoms with Crippen LogP contribution in [0.15, 0.2) is 36.4 Å². The Kier molecular flexibility index (Phi) is 4.35. The van der Waals surface area contributed by atoms with Gasteiger partial charge in [-0.2, -0.15) is 0 Å². The largest absolute Gasteiger partial charge is 0.496 e. The van der Waals surface area contributed by atoms with Gasteiger partial charge in [0, 0.05) is 21.7 Å². The first-order valence-electron chi connectivity index (χ1n) is 5.91. The predicted octanol–water partition coefficient (Wildman–Crippen LogP) is 4.69. The summed E-state index contributed by atoms with van der Waals surface area (Å²) in [6.45, 7) is 1.94. The van der Waals surface area contributed by atoms with E-state index >= 15 is 0 Å². The summed E-state index contributed by atoms with van der Waals surface area (Å²) < 4.78 is 5.39. The topological polar surface area (TPSA) is 35.2 Å². The summed E-state index contributed by atoms with van der Waals surface area (Å²) in [5.74, 6) is 0.766. The van der Waals surface area contributed by atoms with Crippen LogP contribution in [0.1, 0.15) is 18.5 Å². The molecule has 2 rings (SSSR count). The summed E-state index contributed by atoms with van der Waals surface area (Å²) in [5, 5.41) is 1.19. The SMILES string of the molecule is COc1ccc(C(C)N)cc1-c1cc(Cl)cc(Cl)c1. The molecule has 0 heterocycles. The van der Waals surface area contributed by atoms with E-state index in [9.17, 15) is 0 Å². The number of methoxy groups -OCH3 is 1. The molecule has 0 amide bonds. The Morgan fingerprint density at radius 3 is 2.21 bits per heavy atom. The molecular weight excluding hydrogens is 281 g/mol. The van der Waals surface area contributed by atoms with E-state index in [1.807, 2.05) is 37.3 Å². The summed E-state index contributed by atoms with van der Waals surface area (Å²) in [6, 6.07) is 11.2. The number of ether oxygens (including phenoxy) is 1. The minimum Gasteiger partial charge on any atom is -0.496 e. The van der Waals surface area contributed by atoms with Gasteiger partial charge < -0.3 is 10.5 Å². The van der Waals surface area contributed by atoms with Crippen LogP contribution in [0.3, 0.4) is 0 Å². The van der Waals surface area contributed by atoms with Crippen LogP contribution in [0.2, 0.25) is 10.0 Å². The molecule has 100 valence electrons. The van der Waals surface area contributed by atoms with Crippen molar-refractivity contribution in [3.05, 3.63) is 52.0 Å². The Bertz CT molecular complexity index is 576. The molecule has 0 radical (unpaired) electrons. The fourth-order valence-corrected chi connectivity index (χ4v) is 2.47. The van der Waals surface area contributed by atoms with Crippen molar-refractivity contribution in [2.45, 2.75) is 13.0 Å². The van der Waals surface area contributed by atoms with E-state index in [4.69, 9.17) is 33.7 Å². The van der Waals surface area contributed by atoms with Gasteiger partial charge in [0.2, 0.25) is 0 Å². The zero-order valence-corrected chi connectivity index (χ0v) is 12.3. The van der Waals surface area contributed by atoms with E-state index in [0.717, 1.165) is 22.4 Å². The number of benzene rings is 2. The number of hydrogen-bond acceptors (Lipinski definition) is 2. The molecular formula is C15H15Cl2NO. The van der Waals surface area contributed by atoms with E-state index < -0.39 is 0 Å². The van der Waals surface area contributed by atoms with Crippen molar-refractivity contribution in [1.82, 2.24) is 0 Å². The van der Waals surface area contributed by atoms with Crippen LogP contribution in [0.25, 0.3) is 11.1 Å². The molecule has 2 N–H and O–H groups in total. The Morgan fingerprint density at radius 1 is 1.05 bits per heavy atom. The molecule has 2 nitrogen and oxygen atoms in total. The summed E-state index contributed by atoms with van der Waals surface area (Å²) in [7, 11) is 1.64. The minimum atomic E-state index is -0.0423. The maximum Gasteiger partial charge on any atom is 0.126 e. The van der Waals surface area contributed by atoms with E-state index in [1.165, 1.54) is 0 Å². The van der Waals surface area contributed by atoms with Gasteiger partial charge in [0.15, 0.2) is 0 Å². The van der Waals surface area contributed by atoms with Crippen LogP contribution in [-0.4, -0.2) is 7.11 Å². The van der Waals surface area contributed by atoms with Gasteiger partial charge in [0.1, 0.15) is 5.75 Å². The quantitative estimate of drug-likeness (QED) is 0.891. The van der Waals surface area contributed by atoms with Crippen molar-refractivity contribution in [3.63, 3.8) is 0 Å². The van der Waals surface area contributed by atoms with E-state index in [-0.39, 0.29) is 6.04 Å². The third-order valence-corrected chi connectivity index (χ3v) is 3.36. The molecule has 0 aliphatic carbocycles. The molecule has 2 aromatic carbocycles. The van der Waals surface area contributed by atoms with Crippen LogP contribution < -0.4 is 10.5 Å². The van der Waals surface area contributed by atoms with Gasteiger partial charge in [0.05, 0.1) is 7.11 Å². The van der Waals surface area contributed by atoms with Gasteiger partial charge in [-0.1, -0.05) is 29.3 Å². The lowest BCUT2D eigenvalue weighted by atomic mass is 9.99. The van der Waals surface area contributed by atoms with Crippen molar-refractivity contribution in [3.8, 4) is 16.9 Å². The first-order chi connectivity index (χ1) is 9.01. The maximum absolute atomic E-state index is 6.05. The monoisotopic (exact) mass is 295 g/mol. The molecule has 0 saturated heterocycles. The molecule has 1 unspecified atom stereocenters. The Balaban J connectivity index is 2.61. The van der Waals surface area contributed by atoms with Gasteiger partial charge in [-0.25, -0.2) is 0 Å². The van der Waals surface area contributed by atoms with Crippen molar-refractivity contribution < 1.29 is 4.74 Å². The third-order valence-electron chi connectivity index (χ3n) is 2.92. The maximum atomic E-state index is 6.05. The Morgan fingerprint density at radius 2 is 1.68 bits per heavy atom. The highest BCUT2D eigenvalue weighted by atomic mass is 35.5. The second-order valence-corrected chi connectivity index (χ2v) is 5.28. The molecule has 19 heavy (non-hydrogen) atoms. The van der Waals surface area contributed by atoms with Crippen molar-refractivity contribution in [2.24, 2.45) is 5.73 Å². The van der Waals surface area contributed by atoms with Crippen LogP contribution in [0, 0.1) is 0 Å². The third kappa shape index (κ3) is 3.21. The molecule has 0 bridgehead atoms. The molecule has 0 aliphatic rings. The zero-order chi connectivity index (χ0) is 14.0. The molecule has 0 spiro atoms. The highest BCUT2D eigenvalue weighted by molar-refractivity contribution is 6.35. The molecule has 2 aromatic rings. The van der Waals surface area contributed by atoms with Gasteiger partial charge in [-0.3, -0.25) is 0 Å². The molecule has 4 heteroatoms. The summed E-state index contributed by atoms with van der Waals surface area (Å²) in [6.07, 6.45) is 0. The van der Waals surface area contributed by atoms with Crippen LogP contribution in [0.4, 0.5) is 0 Å². The standard InChI is InChI=1S/C15H15Cl2NO/c1-9(18)10-3-4-15(19-2)14(7-10)11-5-12(16)8-13(17)6-11/h3-9H,18H2,1-2H3. The fourth-order valence-electron chi connectivity index (χ4n) is 1.94. The number of nitrogens with two attached hydrogens (primary N) is 1. The van der Waals surface area contributed by atoms with E-state index in [0.29, 0.717) is 10.0 Å². The van der Waals surface area contributed by atoms with Crippen LogP contribution >= 0.6 is 23.2 Å². The van der Waals surface area contributed by atoms with E-state index in [1.54, 1.807) is 13.2 Å². The molecule has 0 aliphatic heterocycles. The van der Waals surface area contributed by atoms with Gasteiger partial charge in [-0.15, -0.1) is 0 Å².